The molecule has 1 atom stereocenters. The van der Waals surface area contributed by atoms with Crippen molar-refractivity contribution in [3.8, 4) is 0 Å². The number of imide groups is 1. The fraction of sp³-hybridized carbons (Fsp3) is 0.556. The Balaban J connectivity index is 1.67. The number of nitrogens with zero attached hydrogens (tertiary/aromatic N) is 2. The first-order valence-corrected chi connectivity index (χ1v) is 8.41. The summed E-state index contributed by atoms with van der Waals surface area (Å²) in [5.41, 5.74) is 1.19. The van der Waals surface area contributed by atoms with Crippen LogP contribution in [0.1, 0.15) is 31.2 Å². The second-order valence-corrected chi connectivity index (χ2v) is 6.48. The van der Waals surface area contributed by atoms with Gasteiger partial charge in [0.05, 0.1) is 6.61 Å². The topological polar surface area (TPSA) is 60.9 Å². The predicted octanol–water partition coefficient (Wildman–Crippen LogP) is 1.41. The standard InChI is InChI=1S/C18H24N2O3/c21-13-16(15-6-7-15)19(12-14-4-2-1-3-5-14)10-11-20-17(22)8-9-18(20)23/h1-5,15-16,21H,6-13H2. The van der Waals surface area contributed by atoms with Gasteiger partial charge in [-0.2, -0.15) is 0 Å². The molecule has 2 aliphatic rings. The Kier molecular flexibility index (Phi) is 5.08. The third-order valence-electron chi connectivity index (χ3n) is 4.82. The van der Waals surface area contributed by atoms with Crippen molar-refractivity contribution in [1.82, 2.24) is 9.80 Å². The van der Waals surface area contributed by atoms with Crippen LogP contribution >= 0.6 is 0 Å². The third kappa shape index (κ3) is 3.98. The van der Waals surface area contributed by atoms with Crippen LogP contribution in [0.3, 0.4) is 0 Å². The number of rotatable bonds is 8. The maximum absolute atomic E-state index is 11.8. The molecule has 124 valence electrons. The van der Waals surface area contributed by atoms with Gasteiger partial charge in [0, 0.05) is 38.5 Å². The first-order chi connectivity index (χ1) is 11.2. The highest BCUT2D eigenvalue weighted by atomic mass is 16.3. The second-order valence-electron chi connectivity index (χ2n) is 6.48. The molecule has 1 saturated heterocycles. The highest BCUT2D eigenvalue weighted by Crippen LogP contribution is 2.35. The van der Waals surface area contributed by atoms with Crippen molar-refractivity contribution in [2.45, 2.75) is 38.3 Å². The summed E-state index contributed by atoms with van der Waals surface area (Å²) in [6.45, 7) is 1.90. The van der Waals surface area contributed by atoms with Crippen molar-refractivity contribution in [3.05, 3.63) is 35.9 Å². The van der Waals surface area contributed by atoms with Crippen LogP contribution in [0.25, 0.3) is 0 Å². The van der Waals surface area contributed by atoms with Gasteiger partial charge in [-0.1, -0.05) is 30.3 Å². The average molecular weight is 316 g/mol. The van der Waals surface area contributed by atoms with Crippen LogP contribution in [-0.2, 0) is 16.1 Å². The van der Waals surface area contributed by atoms with E-state index in [1.807, 2.05) is 18.2 Å². The van der Waals surface area contributed by atoms with Crippen molar-refractivity contribution in [2.75, 3.05) is 19.7 Å². The summed E-state index contributed by atoms with van der Waals surface area (Å²) in [5, 5.41) is 9.79. The second kappa shape index (κ2) is 7.23. The highest BCUT2D eigenvalue weighted by Gasteiger charge is 2.36. The van der Waals surface area contributed by atoms with Crippen molar-refractivity contribution in [1.29, 1.82) is 0 Å². The molecule has 1 N–H and O–H groups in total. The van der Waals surface area contributed by atoms with E-state index in [-0.39, 0.29) is 24.5 Å². The van der Waals surface area contributed by atoms with Crippen molar-refractivity contribution >= 4 is 11.8 Å². The van der Waals surface area contributed by atoms with Gasteiger partial charge in [-0.05, 0) is 24.3 Å². The van der Waals surface area contributed by atoms with Crippen LogP contribution < -0.4 is 0 Å². The molecule has 1 aliphatic heterocycles. The summed E-state index contributed by atoms with van der Waals surface area (Å²) in [6, 6.07) is 10.3. The summed E-state index contributed by atoms with van der Waals surface area (Å²) in [5.74, 6) is 0.400. The largest absolute Gasteiger partial charge is 0.395 e. The number of hydrogen-bond donors (Lipinski definition) is 1. The van der Waals surface area contributed by atoms with E-state index >= 15 is 0 Å². The number of likely N-dealkylation sites (tertiary alicyclic amines) is 1. The third-order valence-corrected chi connectivity index (χ3v) is 4.82. The number of carbonyl (C=O) groups excluding carboxylic acids is 2. The van der Waals surface area contributed by atoms with E-state index in [1.165, 1.54) is 10.5 Å². The molecule has 23 heavy (non-hydrogen) atoms. The molecule has 1 aromatic rings. The normalized spacial score (nSPS) is 19.7. The van der Waals surface area contributed by atoms with E-state index < -0.39 is 0 Å². The molecule has 1 aromatic carbocycles. The lowest BCUT2D eigenvalue weighted by atomic mass is 10.1. The Morgan fingerprint density at radius 3 is 2.35 bits per heavy atom. The zero-order chi connectivity index (χ0) is 16.2. The number of amides is 2. The number of benzene rings is 1. The molecule has 0 aromatic heterocycles. The molecule has 5 heteroatoms. The van der Waals surface area contributed by atoms with Crippen LogP contribution in [0.15, 0.2) is 30.3 Å². The van der Waals surface area contributed by atoms with Gasteiger partial charge in [0.1, 0.15) is 0 Å². The first-order valence-electron chi connectivity index (χ1n) is 8.41. The number of aliphatic hydroxyl groups excluding tert-OH is 1. The van der Waals surface area contributed by atoms with Gasteiger partial charge in [-0.15, -0.1) is 0 Å². The zero-order valence-corrected chi connectivity index (χ0v) is 13.4. The summed E-state index contributed by atoms with van der Waals surface area (Å²) in [6.07, 6.45) is 2.98. The van der Waals surface area contributed by atoms with Crippen molar-refractivity contribution < 1.29 is 14.7 Å². The van der Waals surface area contributed by atoms with Gasteiger partial charge < -0.3 is 5.11 Å². The van der Waals surface area contributed by atoms with E-state index in [9.17, 15) is 14.7 Å². The Labute approximate surface area is 136 Å². The molecule has 0 bridgehead atoms. The maximum atomic E-state index is 11.8. The lowest BCUT2D eigenvalue weighted by Crippen LogP contribution is -2.44. The Morgan fingerprint density at radius 1 is 1.13 bits per heavy atom. The van der Waals surface area contributed by atoms with E-state index in [1.54, 1.807) is 0 Å². The van der Waals surface area contributed by atoms with Crippen LogP contribution in [0.5, 0.6) is 0 Å². The van der Waals surface area contributed by atoms with Crippen molar-refractivity contribution in [3.63, 3.8) is 0 Å². The van der Waals surface area contributed by atoms with Gasteiger partial charge >= 0.3 is 0 Å². The van der Waals surface area contributed by atoms with E-state index in [0.29, 0.717) is 31.8 Å². The SMILES string of the molecule is O=C1CCC(=O)N1CCN(Cc1ccccc1)C(CO)C1CC1. The summed E-state index contributed by atoms with van der Waals surface area (Å²) in [4.78, 5) is 27.2. The van der Waals surface area contributed by atoms with Crippen LogP contribution in [0.2, 0.25) is 0 Å². The minimum absolute atomic E-state index is 0.0679. The molecule has 2 amide bonds. The molecular weight excluding hydrogens is 292 g/mol. The molecular formula is C18H24N2O3. The van der Waals surface area contributed by atoms with E-state index in [2.05, 4.69) is 17.0 Å². The van der Waals surface area contributed by atoms with Gasteiger partial charge in [0.2, 0.25) is 11.8 Å². The Hall–Kier alpha value is -1.72. The van der Waals surface area contributed by atoms with Crippen LogP contribution in [0.4, 0.5) is 0 Å². The van der Waals surface area contributed by atoms with E-state index in [4.69, 9.17) is 0 Å². The first kappa shape index (κ1) is 16.1. The van der Waals surface area contributed by atoms with Crippen LogP contribution in [0, 0.1) is 5.92 Å². The fourth-order valence-electron chi connectivity index (χ4n) is 3.32. The summed E-state index contributed by atoms with van der Waals surface area (Å²) >= 11 is 0. The molecule has 0 radical (unpaired) electrons. The molecule has 1 unspecified atom stereocenters. The zero-order valence-electron chi connectivity index (χ0n) is 13.4. The molecule has 1 heterocycles. The molecule has 3 rings (SSSR count). The van der Waals surface area contributed by atoms with Crippen molar-refractivity contribution in [2.24, 2.45) is 5.92 Å². The fourth-order valence-corrected chi connectivity index (χ4v) is 3.32. The monoisotopic (exact) mass is 316 g/mol. The molecule has 1 aliphatic carbocycles. The van der Waals surface area contributed by atoms with Gasteiger partial charge in [0.15, 0.2) is 0 Å². The maximum Gasteiger partial charge on any atom is 0.229 e. The van der Waals surface area contributed by atoms with Gasteiger partial charge in [0.25, 0.3) is 0 Å². The number of carbonyl (C=O) groups is 2. The van der Waals surface area contributed by atoms with Crippen LogP contribution in [-0.4, -0.2) is 52.5 Å². The van der Waals surface area contributed by atoms with E-state index in [0.717, 1.165) is 19.4 Å². The number of hydrogen-bond acceptors (Lipinski definition) is 4. The number of aliphatic hydroxyl groups is 1. The Morgan fingerprint density at radius 2 is 1.78 bits per heavy atom. The highest BCUT2D eigenvalue weighted by molar-refractivity contribution is 6.01. The van der Waals surface area contributed by atoms with Gasteiger partial charge in [-0.25, -0.2) is 0 Å². The molecule has 2 fully saturated rings. The summed E-state index contributed by atoms with van der Waals surface area (Å²) in [7, 11) is 0. The Bertz CT molecular complexity index is 541. The lowest BCUT2D eigenvalue weighted by Gasteiger charge is -2.32. The summed E-state index contributed by atoms with van der Waals surface area (Å²) < 4.78 is 0. The predicted molar refractivity (Wildman–Crippen MR) is 86.4 cm³/mol. The average Bonchev–Trinajstić information content (AvgIpc) is 3.34. The molecule has 5 nitrogen and oxygen atoms in total. The molecule has 0 spiro atoms. The quantitative estimate of drug-likeness (QED) is 0.737. The lowest BCUT2D eigenvalue weighted by molar-refractivity contribution is -0.138. The molecule has 1 saturated carbocycles. The minimum Gasteiger partial charge on any atom is -0.395 e. The minimum atomic E-state index is -0.0679. The van der Waals surface area contributed by atoms with Gasteiger partial charge in [-0.3, -0.25) is 19.4 Å². The smallest absolute Gasteiger partial charge is 0.229 e.